The minimum absolute atomic E-state index is 0.0579. The third-order valence-electron chi connectivity index (χ3n) is 3.60. The number of carbonyl (C=O) groups excluding carboxylic acids is 2. The number of nitrogens with one attached hydrogen (secondary N) is 1. The van der Waals surface area contributed by atoms with Crippen LogP contribution in [0, 0.1) is 5.92 Å². The third-order valence-corrected chi connectivity index (χ3v) is 3.60. The molecule has 2 heterocycles. The van der Waals surface area contributed by atoms with Crippen molar-refractivity contribution in [3.63, 3.8) is 0 Å². The van der Waals surface area contributed by atoms with Crippen molar-refractivity contribution in [2.24, 2.45) is 5.92 Å². The summed E-state index contributed by atoms with van der Waals surface area (Å²) < 4.78 is 37.7. The van der Waals surface area contributed by atoms with E-state index >= 15 is 0 Å². The van der Waals surface area contributed by atoms with Crippen LogP contribution in [0.5, 0.6) is 0 Å². The number of hydrogen-bond acceptors (Lipinski definition) is 3. The first-order valence-electron chi connectivity index (χ1n) is 7.47. The van der Waals surface area contributed by atoms with Gasteiger partial charge < -0.3 is 10.2 Å². The smallest absolute Gasteiger partial charge is 0.356 e. The van der Waals surface area contributed by atoms with E-state index in [0.717, 1.165) is 17.5 Å². The zero-order valence-corrected chi connectivity index (χ0v) is 12.8. The molecular formula is C14H19F3N4O2. The molecule has 128 valence electrons. The minimum Gasteiger partial charge on any atom is -0.356 e. The molecular weight excluding hydrogens is 313 g/mol. The molecule has 1 aromatic heterocycles. The second-order valence-corrected chi connectivity index (χ2v) is 5.56. The van der Waals surface area contributed by atoms with E-state index in [2.05, 4.69) is 10.4 Å². The highest BCUT2D eigenvalue weighted by Crippen LogP contribution is 2.26. The first-order valence-corrected chi connectivity index (χ1v) is 7.47. The number of anilines is 1. The first kappa shape index (κ1) is 17.3. The summed E-state index contributed by atoms with van der Waals surface area (Å²) in [5, 5.41) is 6.38. The second-order valence-electron chi connectivity index (χ2n) is 5.56. The molecule has 1 aromatic rings. The first-order chi connectivity index (χ1) is 10.8. The van der Waals surface area contributed by atoms with Crippen LogP contribution in [0.3, 0.4) is 0 Å². The van der Waals surface area contributed by atoms with E-state index in [9.17, 15) is 22.8 Å². The van der Waals surface area contributed by atoms with Crippen LogP contribution in [0.1, 0.15) is 26.2 Å². The fourth-order valence-corrected chi connectivity index (χ4v) is 2.43. The van der Waals surface area contributed by atoms with Gasteiger partial charge in [-0.25, -0.2) is 0 Å². The highest BCUT2D eigenvalue weighted by Gasteiger charge is 2.36. The number of hydrogen-bond donors (Lipinski definition) is 1. The van der Waals surface area contributed by atoms with Gasteiger partial charge in [-0.15, -0.1) is 0 Å². The molecule has 0 saturated carbocycles. The van der Waals surface area contributed by atoms with Gasteiger partial charge in [0.05, 0.1) is 17.8 Å². The zero-order valence-electron chi connectivity index (χ0n) is 12.8. The maximum atomic E-state index is 12.3. The van der Waals surface area contributed by atoms with Crippen LogP contribution >= 0.6 is 0 Å². The molecule has 9 heteroatoms. The second kappa shape index (κ2) is 7.01. The maximum absolute atomic E-state index is 12.3. The van der Waals surface area contributed by atoms with Gasteiger partial charge in [-0.05, 0) is 6.42 Å². The molecule has 6 nitrogen and oxygen atoms in total. The van der Waals surface area contributed by atoms with Gasteiger partial charge in [0.15, 0.2) is 0 Å². The van der Waals surface area contributed by atoms with Gasteiger partial charge in [-0.3, -0.25) is 14.3 Å². The van der Waals surface area contributed by atoms with Crippen molar-refractivity contribution in [3.8, 4) is 0 Å². The summed E-state index contributed by atoms with van der Waals surface area (Å²) in [4.78, 5) is 25.3. The van der Waals surface area contributed by atoms with Crippen molar-refractivity contribution in [1.82, 2.24) is 15.1 Å². The Bertz CT molecular complexity index is 571. The largest absolute Gasteiger partial charge is 0.408 e. The summed E-state index contributed by atoms with van der Waals surface area (Å²) in [5.74, 6) is -0.963. The summed E-state index contributed by atoms with van der Waals surface area (Å²) in [5.41, 5.74) is 0.281. The van der Waals surface area contributed by atoms with E-state index in [1.165, 1.54) is 17.3 Å². The van der Waals surface area contributed by atoms with Gasteiger partial charge >= 0.3 is 6.18 Å². The molecule has 1 saturated heterocycles. The van der Waals surface area contributed by atoms with Crippen LogP contribution in [-0.2, 0) is 16.1 Å². The Labute approximate surface area is 131 Å². The van der Waals surface area contributed by atoms with Crippen LogP contribution < -0.4 is 10.2 Å². The summed E-state index contributed by atoms with van der Waals surface area (Å²) in [6, 6.07) is 0. The molecule has 1 atom stereocenters. The van der Waals surface area contributed by atoms with E-state index in [1.807, 2.05) is 6.92 Å². The molecule has 1 fully saturated rings. The van der Waals surface area contributed by atoms with Gasteiger partial charge in [0.25, 0.3) is 0 Å². The molecule has 0 spiro atoms. The Kier molecular flexibility index (Phi) is 5.27. The standard InChI is InChI=1S/C14H19F3N4O2/c1-2-3-4-18-13(23)10-5-12(22)21(7-10)11-6-19-20(8-11)9-14(15,16)17/h6,8,10H,2-5,7,9H2,1H3,(H,18,23)/t10-/m0/s1. The quantitative estimate of drug-likeness (QED) is 0.807. The van der Waals surface area contributed by atoms with Crippen molar-refractivity contribution in [2.75, 3.05) is 18.0 Å². The molecule has 1 aliphatic rings. The maximum Gasteiger partial charge on any atom is 0.408 e. The molecule has 2 rings (SSSR count). The SMILES string of the molecule is CCCCNC(=O)[C@H]1CC(=O)N(c2cnn(CC(F)(F)F)c2)C1. The number of aromatic nitrogens is 2. The average molecular weight is 332 g/mol. The van der Waals surface area contributed by atoms with Crippen LogP contribution in [0.15, 0.2) is 12.4 Å². The van der Waals surface area contributed by atoms with Crippen molar-refractivity contribution in [1.29, 1.82) is 0 Å². The molecule has 2 amide bonds. The fraction of sp³-hybridized carbons (Fsp3) is 0.643. The van der Waals surface area contributed by atoms with E-state index in [4.69, 9.17) is 0 Å². The summed E-state index contributed by atoms with van der Waals surface area (Å²) in [7, 11) is 0. The Morgan fingerprint density at radius 2 is 2.22 bits per heavy atom. The molecule has 23 heavy (non-hydrogen) atoms. The number of rotatable bonds is 6. The molecule has 0 aliphatic carbocycles. The number of amides is 2. The molecule has 0 unspecified atom stereocenters. The van der Waals surface area contributed by atoms with Crippen LogP contribution in [0.25, 0.3) is 0 Å². The monoisotopic (exact) mass is 332 g/mol. The summed E-state index contributed by atoms with van der Waals surface area (Å²) in [6.45, 7) is 1.51. The topological polar surface area (TPSA) is 67.2 Å². The van der Waals surface area contributed by atoms with Crippen molar-refractivity contribution in [3.05, 3.63) is 12.4 Å². The zero-order chi connectivity index (χ0) is 17.0. The van der Waals surface area contributed by atoms with Gasteiger partial charge in [-0.1, -0.05) is 13.3 Å². The normalized spacial score (nSPS) is 18.5. The third kappa shape index (κ3) is 4.70. The van der Waals surface area contributed by atoms with E-state index < -0.39 is 18.6 Å². The number of alkyl halides is 3. The van der Waals surface area contributed by atoms with Gasteiger partial charge in [0.2, 0.25) is 11.8 Å². The predicted octanol–water partition coefficient (Wildman–Crippen LogP) is 1.71. The van der Waals surface area contributed by atoms with Gasteiger partial charge in [0, 0.05) is 25.7 Å². The Balaban J connectivity index is 1.96. The molecule has 1 N–H and O–H groups in total. The van der Waals surface area contributed by atoms with Crippen LogP contribution in [0.4, 0.5) is 18.9 Å². The van der Waals surface area contributed by atoms with E-state index in [-0.39, 0.29) is 30.5 Å². The number of carbonyl (C=O) groups is 2. The lowest BCUT2D eigenvalue weighted by Gasteiger charge is -2.14. The van der Waals surface area contributed by atoms with Crippen molar-refractivity contribution < 1.29 is 22.8 Å². The minimum atomic E-state index is -4.37. The number of halogens is 3. The van der Waals surface area contributed by atoms with Crippen molar-refractivity contribution in [2.45, 2.75) is 38.9 Å². The predicted molar refractivity (Wildman–Crippen MR) is 76.7 cm³/mol. The lowest BCUT2D eigenvalue weighted by atomic mass is 10.1. The number of nitrogens with zero attached hydrogens (tertiary/aromatic N) is 3. The van der Waals surface area contributed by atoms with E-state index in [0.29, 0.717) is 6.54 Å². The van der Waals surface area contributed by atoms with E-state index in [1.54, 1.807) is 0 Å². The van der Waals surface area contributed by atoms with Crippen LogP contribution in [0.2, 0.25) is 0 Å². The lowest BCUT2D eigenvalue weighted by Crippen LogP contribution is -2.33. The highest BCUT2D eigenvalue weighted by molar-refractivity contribution is 6.00. The highest BCUT2D eigenvalue weighted by atomic mass is 19.4. The molecule has 0 aromatic carbocycles. The summed E-state index contributed by atoms with van der Waals surface area (Å²) >= 11 is 0. The average Bonchev–Trinajstić information content (AvgIpc) is 3.03. The van der Waals surface area contributed by atoms with Gasteiger partial charge in [-0.2, -0.15) is 18.3 Å². The Morgan fingerprint density at radius 3 is 2.87 bits per heavy atom. The Hall–Kier alpha value is -2.06. The summed E-state index contributed by atoms with van der Waals surface area (Å²) in [6.07, 6.45) is -0.124. The van der Waals surface area contributed by atoms with Gasteiger partial charge in [0.1, 0.15) is 6.54 Å². The Morgan fingerprint density at radius 1 is 1.48 bits per heavy atom. The van der Waals surface area contributed by atoms with Crippen LogP contribution in [-0.4, -0.2) is 40.9 Å². The lowest BCUT2D eigenvalue weighted by molar-refractivity contribution is -0.142. The number of unbranched alkanes of at least 4 members (excludes halogenated alkanes) is 1. The molecule has 1 aliphatic heterocycles. The molecule has 0 bridgehead atoms. The van der Waals surface area contributed by atoms with Crippen molar-refractivity contribution >= 4 is 17.5 Å². The fourth-order valence-electron chi connectivity index (χ4n) is 2.43. The molecule has 0 radical (unpaired) electrons.